The third-order valence-electron chi connectivity index (χ3n) is 3.10. The van der Waals surface area contributed by atoms with E-state index in [0.29, 0.717) is 6.42 Å². The quantitative estimate of drug-likeness (QED) is 0.711. The van der Waals surface area contributed by atoms with E-state index < -0.39 is 21.5 Å². The van der Waals surface area contributed by atoms with Crippen LogP contribution in [0.1, 0.15) is 27.2 Å². The highest BCUT2D eigenvalue weighted by Gasteiger charge is 2.32. The fraction of sp³-hybridized carbons (Fsp3) is 0.462. The van der Waals surface area contributed by atoms with Gasteiger partial charge in [-0.1, -0.05) is 26.0 Å². The monoisotopic (exact) mass is 300 g/mol. The molecule has 3 N–H and O–H groups in total. The Morgan fingerprint density at radius 2 is 1.90 bits per heavy atom. The average molecular weight is 300 g/mol. The summed E-state index contributed by atoms with van der Waals surface area (Å²) in [6.07, 6.45) is 0.317. The Morgan fingerprint density at radius 1 is 1.30 bits per heavy atom. The summed E-state index contributed by atoms with van der Waals surface area (Å²) < 4.78 is 26.6. The lowest BCUT2D eigenvalue weighted by molar-refractivity contribution is -0.141. The molecule has 0 fully saturated rings. The predicted molar refractivity (Wildman–Crippen MR) is 77.3 cm³/mol. The van der Waals surface area contributed by atoms with E-state index in [1.807, 2.05) is 0 Å². The second kappa shape index (κ2) is 6.23. The van der Waals surface area contributed by atoms with Crippen molar-refractivity contribution in [1.29, 1.82) is 0 Å². The standard InChI is InChI=1S/C13H20N2O4S/c1-4-13(3,12(16)17)15-10-8-6-7-9-11(10)20(18,19)14-5-2/h6-9,14-15H,4-5H2,1-3H3,(H,16,17). The molecule has 1 aromatic carbocycles. The van der Waals surface area contributed by atoms with Crippen LogP contribution in [0.15, 0.2) is 29.2 Å². The van der Waals surface area contributed by atoms with E-state index in [4.69, 9.17) is 0 Å². The molecule has 7 heteroatoms. The van der Waals surface area contributed by atoms with Crippen LogP contribution in [0.3, 0.4) is 0 Å². The van der Waals surface area contributed by atoms with Crippen molar-refractivity contribution in [3.63, 3.8) is 0 Å². The molecule has 0 saturated carbocycles. The number of carboxylic acid groups (broad SMARTS) is 1. The van der Waals surface area contributed by atoms with Gasteiger partial charge in [-0.15, -0.1) is 0 Å². The zero-order valence-electron chi connectivity index (χ0n) is 11.8. The summed E-state index contributed by atoms with van der Waals surface area (Å²) in [5, 5.41) is 12.1. The number of para-hydroxylation sites is 1. The van der Waals surface area contributed by atoms with Gasteiger partial charge in [0, 0.05) is 6.54 Å². The number of hydrogen-bond acceptors (Lipinski definition) is 4. The maximum Gasteiger partial charge on any atom is 0.329 e. The van der Waals surface area contributed by atoms with Crippen LogP contribution >= 0.6 is 0 Å². The third kappa shape index (κ3) is 3.49. The number of benzene rings is 1. The second-order valence-corrected chi connectivity index (χ2v) is 6.35. The van der Waals surface area contributed by atoms with Gasteiger partial charge in [0.2, 0.25) is 10.0 Å². The lowest BCUT2D eigenvalue weighted by atomic mass is 9.99. The first-order chi connectivity index (χ1) is 9.27. The van der Waals surface area contributed by atoms with Gasteiger partial charge in [-0.05, 0) is 25.5 Å². The van der Waals surface area contributed by atoms with Crippen molar-refractivity contribution in [2.45, 2.75) is 37.6 Å². The Hall–Kier alpha value is -1.60. The minimum Gasteiger partial charge on any atom is -0.480 e. The molecule has 0 aliphatic rings. The van der Waals surface area contributed by atoms with Crippen LogP contribution in [-0.2, 0) is 14.8 Å². The molecular formula is C13H20N2O4S. The zero-order chi connectivity index (χ0) is 15.4. The maximum absolute atomic E-state index is 12.1. The van der Waals surface area contributed by atoms with Gasteiger partial charge in [0.25, 0.3) is 0 Å². The molecule has 0 aliphatic heterocycles. The molecule has 1 unspecified atom stereocenters. The van der Waals surface area contributed by atoms with Gasteiger partial charge < -0.3 is 10.4 Å². The van der Waals surface area contributed by atoms with Crippen LogP contribution in [0.4, 0.5) is 5.69 Å². The number of carboxylic acids is 1. The zero-order valence-corrected chi connectivity index (χ0v) is 12.6. The van der Waals surface area contributed by atoms with Gasteiger partial charge in [-0.2, -0.15) is 0 Å². The van der Waals surface area contributed by atoms with E-state index >= 15 is 0 Å². The van der Waals surface area contributed by atoms with Gasteiger partial charge >= 0.3 is 5.97 Å². The highest BCUT2D eigenvalue weighted by molar-refractivity contribution is 7.89. The van der Waals surface area contributed by atoms with Gasteiger partial charge in [-0.3, -0.25) is 0 Å². The van der Waals surface area contributed by atoms with Crippen molar-refractivity contribution < 1.29 is 18.3 Å². The summed E-state index contributed by atoms with van der Waals surface area (Å²) in [5.74, 6) is -1.03. The molecule has 0 amide bonds. The molecular weight excluding hydrogens is 280 g/mol. The van der Waals surface area contributed by atoms with E-state index in [1.54, 1.807) is 32.0 Å². The van der Waals surface area contributed by atoms with E-state index in [1.165, 1.54) is 13.0 Å². The minimum absolute atomic E-state index is 0.0442. The van der Waals surface area contributed by atoms with Gasteiger partial charge in [0.15, 0.2) is 0 Å². The van der Waals surface area contributed by atoms with E-state index in [2.05, 4.69) is 10.0 Å². The summed E-state index contributed by atoms with van der Waals surface area (Å²) in [6, 6.07) is 6.25. The number of rotatable bonds is 7. The Balaban J connectivity index is 3.25. The van der Waals surface area contributed by atoms with E-state index in [9.17, 15) is 18.3 Å². The largest absolute Gasteiger partial charge is 0.480 e. The Kier molecular flexibility index (Phi) is 5.13. The molecule has 112 valence electrons. The number of carbonyl (C=O) groups is 1. The van der Waals surface area contributed by atoms with Gasteiger partial charge in [0.1, 0.15) is 10.4 Å². The summed E-state index contributed by atoms with van der Waals surface area (Å²) in [5.41, 5.74) is -0.946. The lowest BCUT2D eigenvalue weighted by Crippen LogP contribution is -2.43. The molecule has 1 atom stereocenters. The van der Waals surface area contributed by atoms with Crippen molar-refractivity contribution in [3.8, 4) is 0 Å². The topological polar surface area (TPSA) is 95.5 Å². The minimum atomic E-state index is -3.65. The van der Waals surface area contributed by atoms with Crippen LogP contribution in [0.25, 0.3) is 0 Å². The average Bonchev–Trinajstić information content (AvgIpc) is 2.38. The first-order valence-electron chi connectivity index (χ1n) is 6.37. The molecule has 6 nitrogen and oxygen atoms in total. The first kappa shape index (κ1) is 16.5. The molecule has 0 aromatic heterocycles. The van der Waals surface area contributed by atoms with E-state index in [-0.39, 0.29) is 17.1 Å². The normalized spacial score (nSPS) is 14.6. The van der Waals surface area contributed by atoms with E-state index in [0.717, 1.165) is 0 Å². The molecule has 0 heterocycles. The molecule has 1 rings (SSSR count). The Morgan fingerprint density at radius 3 is 2.40 bits per heavy atom. The van der Waals surface area contributed by atoms with Crippen molar-refractivity contribution in [3.05, 3.63) is 24.3 Å². The molecule has 0 radical (unpaired) electrons. The highest BCUT2D eigenvalue weighted by Crippen LogP contribution is 2.25. The van der Waals surface area contributed by atoms with Crippen LogP contribution in [0.2, 0.25) is 0 Å². The van der Waals surface area contributed by atoms with Gasteiger partial charge in [0.05, 0.1) is 5.69 Å². The number of anilines is 1. The summed E-state index contributed by atoms with van der Waals surface area (Å²) in [4.78, 5) is 11.4. The summed E-state index contributed by atoms with van der Waals surface area (Å²) >= 11 is 0. The number of sulfonamides is 1. The number of nitrogens with one attached hydrogen (secondary N) is 2. The molecule has 0 saturated heterocycles. The SMILES string of the molecule is CCNS(=O)(=O)c1ccccc1NC(C)(CC)C(=O)O. The molecule has 0 aliphatic carbocycles. The maximum atomic E-state index is 12.1. The number of hydrogen-bond donors (Lipinski definition) is 3. The highest BCUT2D eigenvalue weighted by atomic mass is 32.2. The first-order valence-corrected chi connectivity index (χ1v) is 7.85. The lowest BCUT2D eigenvalue weighted by Gasteiger charge is -2.27. The molecule has 1 aromatic rings. The fourth-order valence-corrected chi connectivity index (χ4v) is 2.86. The smallest absolute Gasteiger partial charge is 0.329 e. The van der Waals surface area contributed by atoms with Gasteiger partial charge in [-0.25, -0.2) is 17.9 Å². The van der Waals surface area contributed by atoms with Crippen molar-refractivity contribution >= 4 is 21.7 Å². The van der Waals surface area contributed by atoms with Crippen molar-refractivity contribution in [2.75, 3.05) is 11.9 Å². The van der Waals surface area contributed by atoms with Crippen molar-refractivity contribution in [1.82, 2.24) is 4.72 Å². The van der Waals surface area contributed by atoms with Crippen LogP contribution < -0.4 is 10.0 Å². The number of aliphatic carboxylic acids is 1. The summed E-state index contributed by atoms with van der Waals surface area (Å²) in [6.45, 7) is 5.19. The van der Waals surface area contributed by atoms with Crippen molar-refractivity contribution in [2.24, 2.45) is 0 Å². The third-order valence-corrected chi connectivity index (χ3v) is 4.70. The second-order valence-electron chi connectivity index (χ2n) is 4.61. The molecule has 0 bridgehead atoms. The molecule has 20 heavy (non-hydrogen) atoms. The fourth-order valence-electron chi connectivity index (χ4n) is 1.66. The van der Waals surface area contributed by atoms with Crippen LogP contribution in [-0.4, -0.2) is 31.6 Å². The molecule has 0 spiro atoms. The Labute approximate surface area is 119 Å². The summed E-state index contributed by atoms with van der Waals surface area (Å²) in [7, 11) is -3.65. The van der Waals surface area contributed by atoms with Crippen LogP contribution in [0.5, 0.6) is 0 Å². The predicted octanol–water partition coefficient (Wildman–Crippen LogP) is 1.65. The van der Waals surface area contributed by atoms with Crippen LogP contribution in [0, 0.1) is 0 Å². The Bertz CT molecular complexity index is 586.